The number of nitrogens with one attached hydrogen (secondary N) is 1. The summed E-state index contributed by atoms with van der Waals surface area (Å²) in [6, 6.07) is 7.95. The van der Waals surface area contributed by atoms with Crippen molar-refractivity contribution in [2.75, 3.05) is 11.9 Å². The van der Waals surface area contributed by atoms with Crippen LogP contribution in [0.3, 0.4) is 0 Å². The van der Waals surface area contributed by atoms with Crippen molar-refractivity contribution >= 4 is 41.7 Å². The maximum Gasteiger partial charge on any atom is 0.145 e. The van der Waals surface area contributed by atoms with E-state index in [4.69, 9.17) is 5.73 Å². The predicted molar refractivity (Wildman–Crippen MR) is 85.3 cm³/mol. The number of rotatable bonds is 4. The number of fused-ring (bicyclic) bond motifs is 1. The van der Waals surface area contributed by atoms with Crippen molar-refractivity contribution in [3.63, 3.8) is 0 Å². The van der Waals surface area contributed by atoms with E-state index in [9.17, 15) is 0 Å². The van der Waals surface area contributed by atoms with E-state index in [1.165, 1.54) is 0 Å². The normalized spacial score (nSPS) is 11.6. The van der Waals surface area contributed by atoms with Gasteiger partial charge in [-0.2, -0.15) is 0 Å². The van der Waals surface area contributed by atoms with E-state index in [0.717, 1.165) is 16.9 Å². The number of para-hydroxylation sites is 2. The summed E-state index contributed by atoms with van der Waals surface area (Å²) in [6.45, 7) is 4.93. The average Bonchev–Trinajstić information content (AvgIpc) is 2.35. The molecule has 2 aromatic rings. The Kier molecular flexibility index (Phi) is 7.68. The van der Waals surface area contributed by atoms with Crippen molar-refractivity contribution in [2.45, 2.75) is 19.9 Å². The highest BCUT2D eigenvalue weighted by Crippen LogP contribution is 2.11. The lowest BCUT2D eigenvalue weighted by atomic mass is 10.1. The molecule has 1 heterocycles. The monoisotopic (exact) mass is 302 g/mol. The minimum atomic E-state index is 0. The van der Waals surface area contributed by atoms with Crippen molar-refractivity contribution < 1.29 is 0 Å². The smallest absolute Gasteiger partial charge is 0.145 e. The van der Waals surface area contributed by atoms with Crippen molar-refractivity contribution in [3.05, 3.63) is 30.5 Å². The predicted octanol–water partition coefficient (Wildman–Crippen LogP) is 2.87. The SMILES string of the molecule is CC(C)C(N)CNc1cnc2ccccc2n1.Cl.Cl. The van der Waals surface area contributed by atoms with Crippen LogP contribution >= 0.6 is 24.8 Å². The standard InChI is InChI=1S/C13H18N4.2ClH/c1-9(2)10(14)7-16-13-8-15-11-5-3-4-6-12(11)17-13;;/h3-6,8-10H,7,14H2,1-2H3,(H,16,17);2*1H. The number of hydrogen-bond donors (Lipinski definition) is 2. The van der Waals surface area contributed by atoms with Gasteiger partial charge in [-0.3, -0.25) is 4.98 Å². The highest BCUT2D eigenvalue weighted by molar-refractivity contribution is 5.85. The van der Waals surface area contributed by atoms with E-state index in [2.05, 4.69) is 29.1 Å². The van der Waals surface area contributed by atoms with E-state index in [-0.39, 0.29) is 30.9 Å². The molecule has 0 aliphatic carbocycles. The van der Waals surface area contributed by atoms with Gasteiger partial charge in [-0.1, -0.05) is 26.0 Å². The minimum absolute atomic E-state index is 0. The van der Waals surface area contributed by atoms with Crippen LogP contribution in [0.5, 0.6) is 0 Å². The lowest BCUT2D eigenvalue weighted by Gasteiger charge is -2.16. The van der Waals surface area contributed by atoms with E-state index in [1.807, 2.05) is 24.3 Å². The fourth-order valence-electron chi connectivity index (χ4n) is 1.50. The number of halogens is 2. The summed E-state index contributed by atoms with van der Waals surface area (Å²) in [5, 5.41) is 3.22. The Balaban J connectivity index is 0.00000162. The number of benzene rings is 1. The van der Waals surface area contributed by atoms with E-state index >= 15 is 0 Å². The zero-order valence-electron chi connectivity index (χ0n) is 11.0. The Bertz CT molecular complexity index is 505. The number of hydrogen-bond acceptors (Lipinski definition) is 4. The fraction of sp³-hybridized carbons (Fsp3) is 0.385. The summed E-state index contributed by atoms with van der Waals surface area (Å²) in [5.74, 6) is 1.23. The van der Waals surface area contributed by atoms with Gasteiger partial charge in [-0.25, -0.2) is 4.98 Å². The highest BCUT2D eigenvalue weighted by atomic mass is 35.5. The van der Waals surface area contributed by atoms with Crippen molar-refractivity contribution in [1.82, 2.24) is 9.97 Å². The van der Waals surface area contributed by atoms with Crippen LogP contribution in [0, 0.1) is 5.92 Å². The molecule has 2 rings (SSSR count). The topological polar surface area (TPSA) is 63.8 Å². The molecule has 0 saturated heterocycles. The first-order valence-electron chi connectivity index (χ1n) is 5.88. The molecule has 0 aliphatic heterocycles. The second-order valence-corrected chi connectivity index (χ2v) is 4.53. The van der Waals surface area contributed by atoms with Crippen LogP contribution in [0.25, 0.3) is 11.0 Å². The van der Waals surface area contributed by atoms with Crippen LogP contribution in [0.1, 0.15) is 13.8 Å². The second-order valence-electron chi connectivity index (χ2n) is 4.53. The largest absolute Gasteiger partial charge is 0.367 e. The molecule has 6 heteroatoms. The van der Waals surface area contributed by atoms with Gasteiger partial charge in [0.2, 0.25) is 0 Å². The van der Waals surface area contributed by atoms with Gasteiger partial charge < -0.3 is 11.1 Å². The molecule has 0 radical (unpaired) electrons. The van der Waals surface area contributed by atoms with Crippen LogP contribution < -0.4 is 11.1 Å². The van der Waals surface area contributed by atoms with E-state index in [1.54, 1.807) is 6.20 Å². The van der Waals surface area contributed by atoms with Crippen molar-refractivity contribution in [1.29, 1.82) is 0 Å². The summed E-state index contributed by atoms with van der Waals surface area (Å²) >= 11 is 0. The lowest BCUT2D eigenvalue weighted by Crippen LogP contribution is -2.34. The van der Waals surface area contributed by atoms with Gasteiger partial charge in [0, 0.05) is 12.6 Å². The second kappa shape index (κ2) is 8.15. The van der Waals surface area contributed by atoms with E-state index < -0.39 is 0 Å². The summed E-state index contributed by atoms with van der Waals surface area (Å²) in [6.07, 6.45) is 1.75. The molecule has 3 N–H and O–H groups in total. The van der Waals surface area contributed by atoms with Gasteiger partial charge in [-0.05, 0) is 18.1 Å². The number of nitrogens with two attached hydrogens (primary N) is 1. The van der Waals surface area contributed by atoms with Gasteiger partial charge >= 0.3 is 0 Å². The van der Waals surface area contributed by atoms with Gasteiger partial charge in [0.25, 0.3) is 0 Å². The van der Waals surface area contributed by atoms with Crippen LogP contribution in [-0.2, 0) is 0 Å². The quantitative estimate of drug-likeness (QED) is 0.911. The first-order chi connectivity index (χ1) is 8.16. The third-order valence-electron chi connectivity index (χ3n) is 2.82. The van der Waals surface area contributed by atoms with Crippen molar-refractivity contribution in [3.8, 4) is 0 Å². The molecule has 1 aromatic carbocycles. The number of nitrogens with zero attached hydrogens (tertiary/aromatic N) is 2. The van der Waals surface area contributed by atoms with Gasteiger partial charge in [-0.15, -0.1) is 24.8 Å². The molecule has 1 aromatic heterocycles. The summed E-state index contributed by atoms with van der Waals surface area (Å²) in [7, 11) is 0. The van der Waals surface area contributed by atoms with Crippen LogP contribution in [0.4, 0.5) is 5.82 Å². The third kappa shape index (κ3) is 4.82. The molecule has 106 valence electrons. The summed E-state index contributed by atoms with van der Waals surface area (Å²) < 4.78 is 0. The summed E-state index contributed by atoms with van der Waals surface area (Å²) in [5.41, 5.74) is 7.77. The zero-order valence-corrected chi connectivity index (χ0v) is 12.7. The third-order valence-corrected chi connectivity index (χ3v) is 2.82. The zero-order chi connectivity index (χ0) is 12.3. The Morgan fingerprint density at radius 3 is 2.42 bits per heavy atom. The molecule has 19 heavy (non-hydrogen) atoms. The molecule has 0 spiro atoms. The van der Waals surface area contributed by atoms with E-state index in [0.29, 0.717) is 12.5 Å². The molecule has 0 aliphatic rings. The Labute approximate surface area is 126 Å². The van der Waals surface area contributed by atoms with Crippen molar-refractivity contribution in [2.24, 2.45) is 11.7 Å². The molecule has 1 atom stereocenters. The van der Waals surface area contributed by atoms with Gasteiger partial charge in [0.1, 0.15) is 5.82 Å². The Hall–Kier alpha value is -1.10. The highest BCUT2D eigenvalue weighted by Gasteiger charge is 2.07. The van der Waals surface area contributed by atoms with Crippen LogP contribution in [0.15, 0.2) is 30.5 Å². The molecule has 1 unspecified atom stereocenters. The fourth-order valence-corrected chi connectivity index (χ4v) is 1.50. The number of aromatic nitrogens is 2. The maximum atomic E-state index is 5.97. The molecule has 0 saturated carbocycles. The lowest BCUT2D eigenvalue weighted by molar-refractivity contribution is 0.511. The maximum absolute atomic E-state index is 5.97. The average molecular weight is 303 g/mol. The molecular formula is C13H20Cl2N4. The molecule has 0 amide bonds. The first-order valence-corrected chi connectivity index (χ1v) is 5.88. The van der Waals surface area contributed by atoms with Crippen LogP contribution in [-0.4, -0.2) is 22.6 Å². The van der Waals surface area contributed by atoms with Gasteiger partial charge in [0.05, 0.1) is 17.2 Å². The van der Waals surface area contributed by atoms with Crippen LogP contribution in [0.2, 0.25) is 0 Å². The molecule has 0 bridgehead atoms. The van der Waals surface area contributed by atoms with Gasteiger partial charge in [0.15, 0.2) is 0 Å². The minimum Gasteiger partial charge on any atom is -0.367 e. The first kappa shape index (κ1) is 17.9. The molecule has 4 nitrogen and oxygen atoms in total. The Morgan fingerprint density at radius 1 is 1.16 bits per heavy atom. The molecular weight excluding hydrogens is 283 g/mol. The summed E-state index contributed by atoms with van der Waals surface area (Å²) in [4.78, 5) is 8.82. The molecule has 0 fully saturated rings. The Morgan fingerprint density at radius 2 is 1.79 bits per heavy atom. The number of anilines is 1.